The summed E-state index contributed by atoms with van der Waals surface area (Å²) in [5, 5.41) is 11.3. The number of hydrogen-bond acceptors (Lipinski definition) is 3. The Morgan fingerprint density at radius 2 is 2.06 bits per heavy atom. The number of likely N-dealkylation sites (tertiary alicyclic amines) is 1. The average Bonchev–Trinajstić information content (AvgIpc) is 3.06. The lowest BCUT2D eigenvalue weighted by atomic mass is 10.1. The van der Waals surface area contributed by atoms with Crippen LogP contribution in [0.4, 0.5) is 0 Å². The van der Waals surface area contributed by atoms with E-state index in [1.807, 2.05) is 6.07 Å². The lowest BCUT2D eigenvalue weighted by molar-refractivity contribution is -0.138. The van der Waals surface area contributed by atoms with E-state index in [1.54, 1.807) is 4.90 Å². The maximum atomic E-state index is 11.6. The third kappa shape index (κ3) is 3.19. The van der Waals surface area contributed by atoms with Crippen molar-refractivity contribution in [1.82, 2.24) is 10.2 Å². The van der Waals surface area contributed by atoms with E-state index in [0.29, 0.717) is 32.4 Å². The average molecular weight is 235 g/mol. The number of nitriles is 1. The van der Waals surface area contributed by atoms with E-state index in [2.05, 4.69) is 5.32 Å². The molecule has 2 aliphatic rings. The summed E-state index contributed by atoms with van der Waals surface area (Å²) in [6.45, 7) is 1.26. The van der Waals surface area contributed by atoms with Crippen LogP contribution in [0.2, 0.25) is 0 Å². The van der Waals surface area contributed by atoms with Crippen molar-refractivity contribution in [2.45, 2.75) is 38.1 Å². The van der Waals surface area contributed by atoms with Gasteiger partial charge in [-0.15, -0.1) is 0 Å². The van der Waals surface area contributed by atoms with Crippen LogP contribution in [0.15, 0.2) is 0 Å². The molecule has 1 saturated carbocycles. The zero-order valence-corrected chi connectivity index (χ0v) is 9.82. The normalized spacial score (nSPS) is 19.4. The summed E-state index contributed by atoms with van der Waals surface area (Å²) in [5.41, 5.74) is 0. The van der Waals surface area contributed by atoms with Crippen molar-refractivity contribution < 1.29 is 9.59 Å². The van der Waals surface area contributed by atoms with Crippen molar-refractivity contribution >= 4 is 11.8 Å². The summed E-state index contributed by atoms with van der Waals surface area (Å²) in [6, 6.07) is 2.17. The highest BCUT2D eigenvalue weighted by Gasteiger charge is 2.35. The first-order valence-electron chi connectivity index (χ1n) is 6.16. The Labute approximate surface area is 101 Å². The van der Waals surface area contributed by atoms with Crippen molar-refractivity contribution in [3.63, 3.8) is 0 Å². The summed E-state index contributed by atoms with van der Waals surface area (Å²) in [6.07, 6.45) is 3.52. The predicted octanol–water partition coefficient (Wildman–Crippen LogP) is 0.417. The second kappa shape index (κ2) is 5.17. The number of unbranched alkanes of at least 4 members (excludes halogenated alkanes) is 1. The van der Waals surface area contributed by atoms with E-state index in [1.165, 1.54) is 0 Å². The van der Waals surface area contributed by atoms with Gasteiger partial charge in [0.15, 0.2) is 0 Å². The first kappa shape index (κ1) is 11.9. The van der Waals surface area contributed by atoms with E-state index in [9.17, 15) is 9.59 Å². The molecule has 0 spiro atoms. The number of hydrogen-bond donors (Lipinski definition) is 1. The molecule has 2 amide bonds. The van der Waals surface area contributed by atoms with Gasteiger partial charge in [0.1, 0.15) is 0 Å². The Balaban J connectivity index is 1.59. The summed E-state index contributed by atoms with van der Waals surface area (Å²) in [4.78, 5) is 24.8. The van der Waals surface area contributed by atoms with Crippen LogP contribution < -0.4 is 5.32 Å². The van der Waals surface area contributed by atoms with Gasteiger partial charge in [-0.05, 0) is 19.3 Å². The van der Waals surface area contributed by atoms with Gasteiger partial charge in [-0.3, -0.25) is 9.59 Å². The van der Waals surface area contributed by atoms with Crippen LogP contribution in [-0.4, -0.2) is 35.8 Å². The summed E-state index contributed by atoms with van der Waals surface area (Å²) < 4.78 is 0. The number of nitrogens with zero attached hydrogens (tertiary/aromatic N) is 2. The largest absolute Gasteiger partial charge is 0.350 e. The quantitative estimate of drug-likeness (QED) is 0.702. The number of rotatable bonds is 5. The molecule has 1 heterocycles. The minimum atomic E-state index is 0.0946. The van der Waals surface area contributed by atoms with Gasteiger partial charge in [-0.2, -0.15) is 5.26 Å². The molecule has 0 atom stereocenters. The molecule has 5 nitrogen and oxygen atoms in total. The Bertz CT molecular complexity index is 351. The molecule has 17 heavy (non-hydrogen) atoms. The minimum absolute atomic E-state index is 0.0946. The maximum Gasteiger partial charge on any atom is 0.223 e. The highest BCUT2D eigenvalue weighted by atomic mass is 16.2. The van der Waals surface area contributed by atoms with Gasteiger partial charge in [-0.25, -0.2) is 0 Å². The number of amides is 2. The molecule has 5 heteroatoms. The molecule has 0 aromatic rings. The molecule has 0 radical (unpaired) electrons. The Morgan fingerprint density at radius 3 is 2.65 bits per heavy atom. The van der Waals surface area contributed by atoms with Gasteiger partial charge < -0.3 is 10.2 Å². The fourth-order valence-electron chi connectivity index (χ4n) is 1.91. The van der Waals surface area contributed by atoms with Crippen LogP contribution in [0.5, 0.6) is 0 Å². The van der Waals surface area contributed by atoms with Crippen LogP contribution in [0.1, 0.15) is 32.1 Å². The lowest BCUT2D eigenvalue weighted by Gasteiger charge is -2.39. The zero-order chi connectivity index (χ0) is 12.3. The third-order valence-electron chi connectivity index (χ3n) is 3.21. The molecule has 2 fully saturated rings. The molecule has 1 saturated heterocycles. The molecule has 0 aromatic carbocycles. The van der Waals surface area contributed by atoms with Crippen LogP contribution in [0, 0.1) is 17.2 Å². The fourth-order valence-corrected chi connectivity index (χ4v) is 1.91. The van der Waals surface area contributed by atoms with Crippen LogP contribution in [0.3, 0.4) is 0 Å². The predicted molar refractivity (Wildman–Crippen MR) is 60.7 cm³/mol. The van der Waals surface area contributed by atoms with Crippen molar-refractivity contribution in [3.8, 4) is 6.07 Å². The standard InChI is InChI=1S/C12H17N3O2/c13-6-2-1-3-11(16)15-7-10(8-15)14-12(17)9-4-5-9/h9-10H,1-5,7-8H2,(H,14,17). The maximum absolute atomic E-state index is 11.6. The summed E-state index contributed by atoms with van der Waals surface area (Å²) >= 11 is 0. The Kier molecular flexibility index (Phi) is 3.62. The first-order valence-corrected chi connectivity index (χ1v) is 6.16. The van der Waals surface area contributed by atoms with E-state index < -0.39 is 0 Å². The van der Waals surface area contributed by atoms with Crippen LogP contribution in [-0.2, 0) is 9.59 Å². The van der Waals surface area contributed by atoms with E-state index in [0.717, 1.165) is 12.8 Å². The molecule has 92 valence electrons. The molecule has 0 aromatic heterocycles. The number of nitrogens with one attached hydrogen (secondary N) is 1. The molecular formula is C12H17N3O2. The van der Waals surface area contributed by atoms with Crippen molar-refractivity contribution in [2.75, 3.05) is 13.1 Å². The zero-order valence-electron chi connectivity index (χ0n) is 9.82. The number of carbonyl (C=O) groups is 2. The van der Waals surface area contributed by atoms with Gasteiger partial charge in [0.2, 0.25) is 11.8 Å². The summed E-state index contributed by atoms with van der Waals surface area (Å²) in [5.74, 6) is 0.471. The van der Waals surface area contributed by atoms with Gasteiger partial charge in [0, 0.05) is 31.8 Å². The van der Waals surface area contributed by atoms with E-state index >= 15 is 0 Å². The monoisotopic (exact) mass is 235 g/mol. The van der Waals surface area contributed by atoms with Gasteiger partial charge >= 0.3 is 0 Å². The number of carbonyl (C=O) groups excluding carboxylic acids is 2. The van der Waals surface area contributed by atoms with Gasteiger partial charge in [-0.1, -0.05) is 0 Å². The molecule has 0 bridgehead atoms. The molecule has 0 unspecified atom stereocenters. The molecular weight excluding hydrogens is 218 g/mol. The fraction of sp³-hybridized carbons (Fsp3) is 0.750. The van der Waals surface area contributed by atoms with Crippen LogP contribution >= 0.6 is 0 Å². The smallest absolute Gasteiger partial charge is 0.223 e. The van der Waals surface area contributed by atoms with E-state index in [-0.39, 0.29) is 23.8 Å². The van der Waals surface area contributed by atoms with Crippen LogP contribution in [0.25, 0.3) is 0 Å². The van der Waals surface area contributed by atoms with Crippen molar-refractivity contribution in [3.05, 3.63) is 0 Å². The van der Waals surface area contributed by atoms with Crippen molar-refractivity contribution in [2.24, 2.45) is 5.92 Å². The first-order chi connectivity index (χ1) is 8.20. The Morgan fingerprint density at radius 1 is 1.35 bits per heavy atom. The van der Waals surface area contributed by atoms with Crippen molar-refractivity contribution in [1.29, 1.82) is 5.26 Å². The van der Waals surface area contributed by atoms with Gasteiger partial charge in [0.25, 0.3) is 0 Å². The highest BCUT2D eigenvalue weighted by Crippen LogP contribution is 2.29. The topological polar surface area (TPSA) is 73.2 Å². The minimum Gasteiger partial charge on any atom is -0.350 e. The van der Waals surface area contributed by atoms with E-state index in [4.69, 9.17) is 5.26 Å². The highest BCUT2D eigenvalue weighted by molar-refractivity contribution is 5.82. The second-order valence-electron chi connectivity index (χ2n) is 4.79. The SMILES string of the molecule is N#CCCCC(=O)N1CC(NC(=O)C2CC2)C1. The molecule has 1 N–H and O–H groups in total. The molecule has 1 aliphatic carbocycles. The molecule has 2 rings (SSSR count). The lowest BCUT2D eigenvalue weighted by Crippen LogP contribution is -2.61. The molecule has 1 aliphatic heterocycles. The third-order valence-corrected chi connectivity index (χ3v) is 3.21. The second-order valence-corrected chi connectivity index (χ2v) is 4.79. The Hall–Kier alpha value is -1.57. The van der Waals surface area contributed by atoms with Gasteiger partial charge in [0.05, 0.1) is 12.1 Å². The summed E-state index contributed by atoms with van der Waals surface area (Å²) in [7, 11) is 0.